The van der Waals surface area contributed by atoms with E-state index in [0.717, 1.165) is 31.5 Å². The van der Waals surface area contributed by atoms with Gasteiger partial charge in [-0.2, -0.15) is 0 Å². The third-order valence-electron chi connectivity index (χ3n) is 3.54. The van der Waals surface area contributed by atoms with Gasteiger partial charge < -0.3 is 4.90 Å². The van der Waals surface area contributed by atoms with Crippen molar-refractivity contribution in [1.82, 2.24) is 13.9 Å². The first kappa shape index (κ1) is 15.6. The third-order valence-corrected chi connectivity index (χ3v) is 4.21. The average molecular weight is 278 g/mol. The number of nitrogens with one attached hydrogen (secondary N) is 1. The van der Waals surface area contributed by atoms with Crippen LogP contribution in [0, 0.1) is 11.8 Å². The van der Waals surface area contributed by atoms with E-state index in [0.29, 0.717) is 0 Å². The molecule has 0 aromatic rings. The second-order valence-corrected chi connectivity index (χ2v) is 6.02. The van der Waals surface area contributed by atoms with Gasteiger partial charge in [-0.15, -0.1) is 0 Å². The van der Waals surface area contributed by atoms with Crippen molar-refractivity contribution < 1.29 is 0 Å². The van der Waals surface area contributed by atoms with Crippen LogP contribution in [0.15, 0.2) is 0 Å². The quantitative estimate of drug-likeness (QED) is 0.419. The van der Waals surface area contributed by atoms with Crippen molar-refractivity contribution in [2.45, 2.75) is 26.2 Å². The van der Waals surface area contributed by atoms with Gasteiger partial charge in [-0.05, 0) is 44.7 Å². The summed E-state index contributed by atoms with van der Waals surface area (Å²) in [4.78, 5) is 2.47. The molecule has 0 aromatic heterocycles. The van der Waals surface area contributed by atoms with Crippen molar-refractivity contribution in [3.8, 4) is 0 Å². The Balaban J connectivity index is 1.93. The highest BCUT2D eigenvalue weighted by atomic mass is 32.1. The number of hydrogen-bond acceptors (Lipinski definition) is 5. The van der Waals surface area contributed by atoms with Crippen LogP contribution < -0.4 is 4.72 Å². The molecule has 1 aliphatic carbocycles. The number of hydrogen-bond donors (Lipinski definition) is 3. The van der Waals surface area contributed by atoms with Gasteiger partial charge in [-0.3, -0.25) is 9.03 Å². The maximum Gasteiger partial charge on any atom is 0.00877 e. The molecule has 0 saturated heterocycles. The summed E-state index contributed by atoms with van der Waals surface area (Å²) >= 11 is 8.41. The third kappa shape index (κ3) is 6.91. The zero-order chi connectivity index (χ0) is 12.7. The zero-order valence-electron chi connectivity index (χ0n) is 11.1. The van der Waals surface area contributed by atoms with E-state index in [9.17, 15) is 0 Å². The van der Waals surface area contributed by atoms with Crippen molar-refractivity contribution in [1.29, 1.82) is 0 Å². The van der Waals surface area contributed by atoms with E-state index in [1.54, 1.807) is 0 Å². The van der Waals surface area contributed by atoms with Crippen LogP contribution in [0.25, 0.3) is 0 Å². The Hall–Kier alpha value is 0.580. The van der Waals surface area contributed by atoms with E-state index < -0.39 is 0 Å². The van der Waals surface area contributed by atoms with Gasteiger partial charge in [0.2, 0.25) is 0 Å². The number of nitrogens with zero attached hydrogens (tertiary/aromatic N) is 2. The van der Waals surface area contributed by atoms with E-state index in [-0.39, 0.29) is 0 Å². The van der Waals surface area contributed by atoms with Crippen LogP contribution >= 0.6 is 25.6 Å². The molecule has 102 valence electrons. The molecule has 0 amide bonds. The monoisotopic (exact) mass is 277 g/mol. The van der Waals surface area contributed by atoms with Gasteiger partial charge >= 0.3 is 0 Å². The molecule has 0 radical (unpaired) electrons. The molecule has 1 fully saturated rings. The van der Waals surface area contributed by atoms with E-state index in [4.69, 9.17) is 0 Å². The van der Waals surface area contributed by atoms with Crippen LogP contribution in [0.4, 0.5) is 0 Å². The minimum absolute atomic E-state index is 0.864. The first-order valence-corrected chi connectivity index (χ1v) is 7.51. The molecule has 1 rings (SSSR count). The molecule has 17 heavy (non-hydrogen) atoms. The van der Waals surface area contributed by atoms with Crippen LogP contribution in [0.5, 0.6) is 0 Å². The summed E-state index contributed by atoms with van der Waals surface area (Å²) in [5, 5.41) is 0. The average Bonchev–Trinajstić information content (AvgIpc) is 3.02. The lowest BCUT2D eigenvalue weighted by Crippen LogP contribution is -2.24. The number of thiol groups is 2. The summed E-state index contributed by atoms with van der Waals surface area (Å²) in [6.45, 7) is 7.79. The first-order valence-electron chi connectivity index (χ1n) is 6.66. The molecule has 0 aromatic carbocycles. The standard InChI is InChI=1S/C12H27N3S2/c1-3-15(17)7-5-4-6-14(2)10-12-8-11(12)9-13-16/h11-13,16-17H,3-10H2,1-2H3. The smallest absolute Gasteiger partial charge is 0.00877 e. The fourth-order valence-electron chi connectivity index (χ4n) is 2.23. The maximum absolute atomic E-state index is 4.36. The van der Waals surface area contributed by atoms with E-state index >= 15 is 0 Å². The predicted molar refractivity (Wildman–Crippen MR) is 81.5 cm³/mol. The lowest BCUT2D eigenvalue weighted by atomic mass is 10.2. The molecule has 3 nitrogen and oxygen atoms in total. The molecule has 5 heteroatoms. The highest BCUT2D eigenvalue weighted by Crippen LogP contribution is 2.38. The predicted octanol–water partition coefficient (Wildman–Crippen LogP) is 1.94. The van der Waals surface area contributed by atoms with E-state index in [1.165, 1.54) is 32.4 Å². The molecule has 1 saturated carbocycles. The van der Waals surface area contributed by atoms with E-state index in [2.05, 4.69) is 53.5 Å². The molecule has 1 N–H and O–H groups in total. The second-order valence-electron chi connectivity index (χ2n) is 5.13. The van der Waals surface area contributed by atoms with Gasteiger partial charge in [0, 0.05) is 26.2 Å². The first-order chi connectivity index (χ1) is 8.17. The second kappa shape index (κ2) is 8.64. The largest absolute Gasteiger partial charge is 0.306 e. The van der Waals surface area contributed by atoms with Gasteiger partial charge in [0.1, 0.15) is 0 Å². The Morgan fingerprint density at radius 3 is 2.59 bits per heavy atom. The Morgan fingerprint density at radius 2 is 1.94 bits per heavy atom. The SMILES string of the molecule is CCN(S)CCCCN(C)CC1CC1CNS. The van der Waals surface area contributed by atoms with Gasteiger partial charge in [-0.1, -0.05) is 32.6 Å². The van der Waals surface area contributed by atoms with Gasteiger partial charge in [0.15, 0.2) is 0 Å². The molecular weight excluding hydrogens is 250 g/mol. The van der Waals surface area contributed by atoms with Crippen molar-refractivity contribution in [3.63, 3.8) is 0 Å². The summed E-state index contributed by atoms with van der Waals surface area (Å²) in [5.74, 6) is 1.76. The van der Waals surface area contributed by atoms with Gasteiger partial charge in [-0.25, -0.2) is 0 Å². The fraction of sp³-hybridized carbons (Fsp3) is 1.00. The minimum Gasteiger partial charge on any atom is -0.306 e. The van der Waals surface area contributed by atoms with Gasteiger partial charge in [0.25, 0.3) is 0 Å². The summed E-state index contributed by atoms with van der Waals surface area (Å²) in [7, 11) is 2.24. The highest BCUT2D eigenvalue weighted by molar-refractivity contribution is 7.78. The topological polar surface area (TPSA) is 18.5 Å². The number of rotatable bonds is 10. The Kier molecular flexibility index (Phi) is 7.95. The Morgan fingerprint density at radius 1 is 1.24 bits per heavy atom. The normalized spacial score (nSPS) is 23.6. The lowest BCUT2D eigenvalue weighted by Gasteiger charge is -2.17. The molecule has 0 bridgehead atoms. The molecule has 0 spiro atoms. The van der Waals surface area contributed by atoms with Crippen molar-refractivity contribution in [2.24, 2.45) is 11.8 Å². The van der Waals surface area contributed by atoms with Gasteiger partial charge in [0.05, 0.1) is 0 Å². The van der Waals surface area contributed by atoms with Crippen LogP contribution in [0.2, 0.25) is 0 Å². The van der Waals surface area contributed by atoms with Crippen molar-refractivity contribution in [2.75, 3.05) is 39.8 Å². The van der Waals surface area contributed by atoms with Crippen LogP contribution in [-0.2, 0) is 0 Å². The molecule has 2 atom stereocenters. The Labute approximate surface area is 117 Å². The Bertz CT molecular complexity index is 204. The summed E-state index contributed by atoms with van der Waals surface area (Å²) < 4.78 is 5.04. The zero-order valence-corrected chi connectivity index (χ0v) is 12.9. The summed E-state index contributed by atoms with van der Waals surface area (Å²) in [6.07, 6.45) is 3.89. The maximum atomic E-state index is 4.36. The molecule has 0 aliphatic heterocycles. The molecule has 0 heterocycles. The van der Waals surface area contributed by atoms with Crippen LogP contribution in [-0.4, -0.2) is 49.0 Å². The minimum atomic E-state index is 0.864. The van der Waals surface area contributed by atoms with Crippen molar-refractivity contribution in [3.05, 3.63) is 0 Å². The summed E-state index contributed by atoms with van der Waals surface area (Å²) in [6, 6.07) is 0. The number of unbranched alkanes of at least 4 members (excludes halogenated alkanes) is 1. The van der Waals surface area contributed by atoms with Crippen molar-refractivity contribution >= 4 is 25.6 Å². The fourth-order valence-corrected chi connectivity index (χ4v) is 2.60. The summed E-state index contributed by atoms with van der Waals surface area (Å²) in [5.41, 5.74) is 0. The lowest BCUT2D eigenvalue weighted by molar-refractivity contribution is 0.302. The molecule has 2 unspecified atom stereocenters. The van der Waals surface area contributed by atoms with Crippen LogP contribution in [0.3, 0.4) is 0 Å². The molecule has 1 aliphatic rings. The molecular formula is C12H27N3S2. The van der Waals surface area contributed by atoms with Crippen LogP contribution in [0.1, 0.15) is 26.2 Å². The van der Waals surface area contributed by atoms with E-state index in [1.807, 2.05) is 0 Å². The highest BCUT2D eigenvalue weighted by Gasteiger charge is 2.36.